The van der Waals surface area contributed by atoms with E-state index in [0.717, 1.165) is 12.8 Å². The van der Waals surface area contributed by atoms with Gasteiger partial charge in [0.05, 0.1) is 18.8 Å². The minimum atomic E-state index is -0.723. The topological polar surface area (TPSA) is 72.7 Å². The van der Waals surface area contributed by atoms with Gasteiger partial charge in [-0.05, 0) is 6.42 Å². The standard InChI is InChI=1S/C8H19NO3/c1-2-3-7(11)4-9-5-8(12)6-10/h7-12H,2-6H2,1H3. The number of rotatable bonds is 7. The molecular formula is C8H19NO3. The molecule has 0 aliphatic rings. The molecule has 0 aromatic carbocycles. The quantitative estimate of drug-likeness (QED) is 0.406. The average Bonchev–Trinajstić information content (AvgIpc) is 2.04. The third-order valence-corrected chi connectivity index (χ3v) is 1.59. The third-order valence-electron chi connectivity index (χ3n) is 1.59. The van der Waals surface area contributed by atoms with Crippen LogP contribution >= 0.6 is 0 Å². The SMILES string of the molecule is CCCC(O)CNCC(O)CO. The zero-order valence-electron chi connectivity index (χ0n) is 7.53. The van der Waals surface area contributed by atoms with E-state index in [0.29, 0.717) is 13.1 Å². The Labute approximate surface area is 73.2 Å². The molecule has 4 heteroatoms. The fourth-order valence-corrected chi connectivity index (χ4v) is 0.916. The first-order valence-corrected chi connectivity index (χ1v) is 4.38. The van der Waals surface area contributed by atoms with Gasteiger partial charge in [-0.2, -0.15) is 0 Å². The second-order valence-electron chi connectivity index (χ2n) is 2.94. The van der Waals surface area contributed by atoms with Crippen molar-refractivity contribution in [3.63, 3.8) is 0 Å². The molecule has 4 nitrogen and oxygen atoms in total. The molecular weight excluding hydrogens is 158 g/mol. The smallest absolute Gasteiger partial charge is 0.0894 e. The Morgan fingerprint density at radius 3 is 2.25 bits per heavy atom. The molecule has 0 aliphatic heterocycles. The summed E-state index contributed by atoms with van der Waals surface area (Å²) in [5.74, 6) is 0. The van der Waals surface area contributed by atoms with E-state index < -0.39 is 6.10 Å². The monoisotopic (exact) mass is 177 g/mol. The maximum atomic E-state index is 9.23. The van der Waals surface area contributed by atoms with Crippen LogP contribution in [0.1, 0.15) is 19.8 Å². The van der Waals surface area contributed by atoms with E-state index in [4.69, 9.17) is 10.2 Å². The normalized spacial score (nSPS) is 16.0. The largest absolute Gasteiger partial charge is 0.394 e. The molecule has 0 saturated heterocycles. The van der Waals surface area contributed by atoms with Crippen LogP contribution in [-0.2, 0) is 0 Å². The minimum absolute atomic E-state index is 0.239. The summed E-state index contributed by atoms with van der Waals surface area (Å²) in [6, 6.07) is 0. The van der Waals surface area contributed by atoms with Crippen molar-refractivity contribution in [3.05, 3.63) is 0 Å². The Kier molecular flexibility index (Phi) is 7.39. The molecule has 2 unspecified atom stereocenters. The fraction of sp³-hybridized carbons (Fsp3) is 1.00. The van der Waals surface area contributed by atoms with Crippen molar-refractivity contribution in [2.75, 3.05) is 19.7 Å². The first-order valence-electron chi connectivity index (χ1n) is 4.38. The van der Waals surface area contributed by atoms with Crippen LogP contribution in [0.2, 0.25) is 0 Å². The van der Waals surface area contributed by atoms with Gasteiger partial charge in [-0.15, -0.1) is 0 Å². The van der Waals surface area contributed by atoms with Gasteiger partial charge in [-0.1, -0.05) is 13.3 Å². The van der Waals surface area contributed by atoms with Crippen molar-refractivity contribution in [1.29, 1.82) is 0 Å². The second-order valence-corrected chi connectivity index (χ2v) is 2.94. The van der Waals surface area contributed by atoms with Crippen molar-refractivity contribution in [1.82, 2.24) is 5.32 Å². The lowest BCUT2D eigenvalue weighted by Crippen LogP contribution is -2.34. The number of aliphatic hydroxyl groups is 3. The summed E-state index contributed by atoms with van der Waals surface area (Å²) in [6.45, 7) is 2.57. The Morgan fingerprint density at radius 1 is 1.17 bits per heavy atom. The van der Waals surface area contributed by atoms with Crippen LogP contribution in [0.15, 0.2) is 0 Å². The molecule has 74 valence electrons. The zero-order chi connectivity index (χ0) is 9.40. The fourth-order valence-electron chi connectivity index (χ4n) is 0.916. The zero-order valence-corrected chi connectivity index (χ0v) is 7.53. The van der Waals surface area contributed by atoms with E-state index >= 15 is 0 Å². The maximum absolute atomic E-state index is 9.23. The van der Waals surface area contributed by atoms with Crippen molar-refractivity contribution in [2.45, 2.75) is 32.0 Å². The van der Waals surface area contributed by atoms with E-state index in [2.05, 4.69) is 5.32 Å². The molecule has 0 saturated carbocycles. The van der Waals surface area contributed by atoms with Gasteiger partial charge in [0.25, 0.3) is 0 Å². The number of hydrogen-bond donors (Lipinski definition) is 4. The summed E-state index contributed by atoms with van der Waals surface area (Å²) in [6.07, 6.45) is 0.646. The van der Waals surface area contributed by atoms with Crippen LogP contribution in [0.25, 0.3) is 0 Å². The van der Waals surface area contributed by atoms with Crippen LogP contribution < -0.4 is 5.32 Å². The average molecular weight is 177 g/mol. The Hall–Kier alpha value is -0.160. The van der Waals surface area contributed by atoms with Gasteiger partial charge in [0.2, 0.25) is 0 Å². The molecule has 0 aromatic heterocycles. The molecule has 0 heterocycles. The van der Waals surface area contributed by atoms with Gasteiger partial charge in [0.1, 0.15) is 0 Å². The molecule has 0 aromatic rings. The van der Waals surface area contributed by atoms with Crippen LogP contribution in [-0.4, -0.2) is 47.2 Å². The highest BCUT2D eigenvalue weighted by Crippen LogP contribution is 1.93. The van der Waals surface area contributed by atoms with E-state index in [-0.39, 0.29) is 12.7 Å². The van der Waals surface area contributed by atoms with E-state index in [9.17, 15) is 5.11 Å². The van der Waals surface area contributed by atoms with Crippen molar-refractivity contribution in [2.24, 2.45) is 0 Å². The van der Waals surface area contributed by atoms with Gasteiger partial charge < -0.3 is 20.6 Å². The summed E-state index contributed by atoms with van der Waals surface area (Å²) in [7, 11) is 0. The minimum Gasteiger partial charge on any atom is -0.394 e. The number of hydrogen-bond acceptors (Lipinski definition) is 4. The van der Waals surface area contributed by atoms with E-state index in [1.165, 1.54) is 0 Å². The molecule has 0 rings (SSSR count). The van der Waals surface area contributed by atoms with Crippen molar-refractivity contribution in [3.8, 4) is 0 Å². The van der Waals surface area contributed by atoms with Gasteiger partial charge in [0, 0.05) is 13.1 Å². The summed E-state index contributed by atoms with van der Waals surface area (Å²) in [5.41, 5.74) is 0. The molecule has 0 spiro atoms. The van der Waals surface area contributed by atoms with Crippen LogP contribution in [0.3, 0.4) is 0 Å². The summed E-state index contributed by atoms with van der Waals surface area (Å²) in [5, 5.41) is 29.4. The van der Waals surface area contributed by atoms with E-state index in [1.807, 2.05) is 6.92 Å². The van der Waals surface area contributed by atoms with Gasteiger partial charge in [-0.3, -0.25) is 0 Å². The molecule has 0 radical (unpaired) electrons. The highest BCUT2D eigenvalue weighted by molar-refractivity contribution is 4.62. The second kappa shape index (κ2) is 7.49. The first-order chi connectivity index (χ1) is 5.70. The Bertz CT molecular complexity index is 100. The Morgan fingerprint density at radius 2 is 1.75 bits per heavy atom. The van der Waals surface area contributed by atoms with Crippen molar-refractivity contribution >= 4 is 0 Å². The lowest BCUT2D eigenvalue weighted by atomic mass is 10.2. The lowest BCUT2D eigenvalue weighted by Gasteiger charge is -2.12. The van der Waals surface area contributed by atoms with Crippen LogP contribution in [0.5, 0.6) is 0 Å². The molecule has 4 N–H and O–H groups in total. The summed E-state index contributed by atoms with van der Waals surface area (Å²) in [4.78, 5) is 0. The van der Waals surface area contributed by atoms with E-state index in [1.54, 1.807) is 0 Å². The highest BCUT2D eigenvalue weighted by Gasteiger charge is 2.04. The van der Waals surface area contributed by atoms with Gasteiger partial charge >= 0.3 is 0 Å². The van der Waals surface area contributed by atoms with Gasteiger partial charge in [-0.25, -0.2) is 0 Å². The maximum Gasteiger partial charge on any atom is 0.0894 e. The van der Waals surface area contributed by atoms with Gasteiger partial charge in [0.15, 0.2) is 0 Å². The molecule has 0 aliphatic carbocycles. The summed E-state index contributed by atoms with van der Waals surface area (Å²) < 4.78 is 0. The molecule has 0 fully saturated rings. The predicted octanol–water partition coefficient (Wildman–Crippen LogP) is -0.910. The first kappa shape index (κ1) is 11.8. The molecule has 12 heavy (non-hydrogen) atoms. The van der Waals surface area contributed by atoms with Crippen molar-refractivity contribution < 1.29 is 15.3 Å². The third kappa shape index (κ3) is 6.54. The Balaban J connectivity index is 3.18. The van der Waals surface area contributed by atoms with Crippen LogP contribution in [0, 0.1) is 0 Å². The predicted molar refractivity (Wildman–Crippen MR) is 46.9 cm³/mol. The number of aliphatic hydroxyl groups excluding tert-OH is 3. The lowest BCUT2D eigenvalue weighted by molar-refractivity contribution is 0.0882. The molecule has 0 amide bonds. The highest BCUT2D eigenvalue weighted by atomic mass is 16.3. The van der Waals surface area contributed by atoms with Crippen LogP contribution in [0.4, 0.5) is 0 Å². The number of nitrogens with one attached hydrogen (secondary N) is 1. The summed E-state index contributed by atoms with van der Waals surface area (Å²) >= 11 is 0. The molecule has 0 bridgehead atoms. The molecule has 2 atom stereocenters.